The van der Waals surface area contributed by atoms with E-state index in [0.717, 1.165) is 22.4 Å². The molecule has 0 spiro atoms. The van der Waals surface area contributed by atoms with Gasteiger partial charge in [-0.1, -0.05) is 97.1 Å². The number of nitrogens with zero attached hydrogens (tertiary/aromatic N) is 4. The van der Waals surface area contributed by atoms with E-state index in [0.29, 0.717) is 0 Å². The van der Waals surface area contributed by atoms with Gasteiger partial charge in [-0.05, 0) is 60.0 Å². The molecule has 45 heavy (non-hydrogen) atoms. The number of rotatable bonds is 3. The van der Waals surface area contributed by atoms with Crippen molar-refractivity contribution in [1.82, 2.24) is 18.7 Å². The van der Waals surface area contributed by atoms with Crippen LogP contribution < -0.4 is 0 Å². The molecule has 0 aliphatic rings. The van der Waals surface area contributed by atoms with E-state index in [9.17, 15) is 0 Å². The van der Waals surface area contributed by atoms with Crippen LogP contribution in [0.25, 0.3) is 82.5 Å². The highest BCUT2D eigenvalue weighted by Gasteiger charge is 2.21. The summed E-state index contributed by atoms with van der Waals surface area (Å²) in [5, 5.41) is 7.52. The molecule has 0 N–H and O–H groups in total. The second-order valence-corrected chi connectivity index (χ2v) is 11.7. The van der Waals surface area contributed by atoms with Crippen molar-refractivity contribution in [2.45, 2.75) is 0 Å². The Morgan fingerprint density at radius 1 is 0.378 bits per heavy atom. The Balaban J connectivity index is 1.33. The smallest absolute Gasteiger partial charge is 0.113 e. The van der Waals surface area contributed by atoms with E-state index in [4.69, 9.17) is 4.98 Å². The van der Waals surface area contributed by atoms with Crippen LogP contribution in [0.4, 0.5) is 0 Å². The number of hydrogen-bond acceptors (Lipinski definition) is 1. The van der Waals surface area contributed by atoms with Crippen molar-refractivity contribution in [3.63, 3.8) is 0 Å². The van der Waals surface area contributed by atoms with E-state index in [-0.39, 0.29) is 0 Å². The fraction of sp³-hybridized carbons (Fsp3) is 0. The van der Waals surface area contributed by atoms with Gasteiger partial charge in [-0.3, -0.25) is 4.57 Å². The van der Waals surface area contributed by atoms with Gasteiger partial charge in [0.15, 0.2) is 0 Å². The molecule has 0 radical (unpaired) electrons. The summed E-state index contributed by atoms with van der Waals surface area (Å²) < 4.78 is 6.99. The maximum Gasteiger partial charge on any atom is 0.113 e. The van der Waals surface area contributed by atoms with Gasteiger partial charge in [0.1, 0.15) is 11.8 Å². The lowest BCUT2D eigenvalue weighted by atomic mass is 10.0. The Kier molecular flexibility index (Phi) is 4.96. The molecule has 0 fully saturated rings. The van der Waals surface area contributed by atoms with Crippen molar-refractivity contribution in [1.29, 1.82) is 0 Å². The van der Waals surface area contributed by atoms with Gasteiger partial charge in [0.05, 0.1) is 33.3 Å². The minimum atomic E-state index is 0.976. The standard InChI is InChI=1S/C41H26N4/c1-3-12-27(13-4-1)43-26-42-40-37(43)20-11-21-38(40)45-35-19-10-8-17-33(35)39-30-22-23-31-29-16-7-9-18-34(29)44(28-14-5-2-6-15-28)41(31)32(30)24-25-36(39)45/h1-26H. The Morgan fingerprint density at radius 3 is 1.78 bits per heavy atom. The summed E-state index contributed by atoms with van der Waals surface area (Å²) in [6.45, 7) is 0. The first-order chi connectivity index (χ1) is 22.4. The summed E-state index contributed by atoms with van der Waals surface area (Å²) in [6.07, 6.45) is 1.94. The van der Waals surface area contributed by atoms with Crippen molar-refractivity contribution in [3.8, 4) is 17.1 Å². The summed E-state index contributed by atoms with van der Waals surface area (Å²) >= 11 is 0. The highest BCUT2D eigenvalue weighted by atomic mass is 15.1. The Hall–Kier alpha value is -6.13. The van der Waals surface area contributed by atoms with Gasteiger partial charge < -0.3 is 9.13 Å². The zero-order chi connectivity index (χ0) is 29.5. The van der Waals surface area contributed by atoms with Crippen LogP contribution in [0.1, 0.15) is 0 Å². The number of imidazole rings is 1. The fourth-order valence-electron chi connectivity index (χ4n) is 7.44. The molecule has 10 rings (SSSR count). The number of para-hydroxylation sites is 5. The Labute approximate surface area is 258 Å². The molecule has 210 valence electrons. The van der Waals surface area contributed by atoms with Gasteiger partial charge in [0.2, 0.25) is 0 Å². The highest BCUT2D eigenvalue weighted by molar-refractivity contribution is 6.28. The van der Waals surface area contributed by atoms with Gasteiger partial charge in [-0.15, -0.1) is 0 Å². The third-order valence-electron chi connectivity index (χ3n) is 9.31. The lowest BCUT2D eigenvalue weighted by Crippen LogP contribution is -1.96. The molecule has 0 aliphatic carbocycles. The summed E-state index contributed by atoms with van der Waals surface area (Å²) in [6, 6.07) is 54.4. The zero-order valence-corrected chi connectivity index (χ0v) is 24.3. The minimum Gasteiger partial charge on any atom is -0.309 e. The van der Waals surface area contributed by atoms with Crippen LogP contribution in [0.15, 0.2) is 158 Å². The van der Waals surface area contributed by atoms with Crippen molar-refractivity contribution in [2.75, 3.05) is 0 Å². The first-order valence-electron chi connectivity index (χ1n) is 15.3. The average Bonchev–Trinajstić information content (AvgIpc) is 3.79. The molecule has 4 heteroatoms. The maximum absolute atomic E-state index is 4.98. The lowest BCUT2D eigenvalue weighted by molar-refractivity contribution is 1.09. The van der Waals surface area contributed by atoms with Crippen LogP contribution in [0.2, 0.25) is 0 Å². The van der Waals surface area contributed by atoms with Crippen LogP contribution in [-0.4, -0.2) is 18.7 Å². The normalized spacial score (nSPS) is 12.0. The summed E-state index contributed by atoms with van der Waals surface area (Å²) in [5.41, 5.74) is 10.2. The molecule has 3 aromatic heterocycles. The number of fused-ring (bicyclic) bond motifs is 10. The van der Waals surface area contributed by atoms with Gasteiger partial charge in [-0.25, -0.2) is 4.98 Å². The van der Waals surface area contributed by atoms with Crippen LogP contribution in [0.5, 0.6) is 0 Å². The maximum atomic E-state index is 4.98. The monoisotopic (exact) mass is 574 g/mol. The van der Waals surface area contributed by atoms with E-state index in [2.05, 4.69) is 159 Å². The molecule has 0 atom stereocenters. The van der Waals surface area contributed by atoms with E-state index in [1.54, 1.807) is 0 Å². The number of benzene rings is 7. The zero-order valence-electron chi connectivity index (χ0n) is 24.3. The van der Waals surface area contributed by atoms with Crippen LogP contribution in [0.3, 0.4) is 0 Å². The van der Waals surface area contributed by atoms with E-state index in [1.807, 2.05) is 12.4 Å². The highest BCUT2D eigenvalue weighted by Crippen LogP contribution is 2.42. The molecule has 4 nitrogen and oxygen atoms in total. The molecule has 7 aromatic carbocycles. The second-order valence-electron chi connectivity index (χ2n) is 11.7. The first-order valence-corrected chi connectivity index (χ1v) is 15.3. The van der Waals surface area contributed by atoms with Crippen LogP contribution >= 0.6 is 0 Å². The Morgan fingerprint density at radius 2 is 0.978 bits per heavy atom. The van der Waals surface area contributed by atoms with Crippen molar-refractivity contribution in [2.24, 2.45) is 0 Å². The fourth-order valence-corrected chi connectivity index (χ4v) is 7.44. The largest absolute Gasteiger partial charge is 0.309 e. The summed E-state index contributed by atoms with van der Waals surface area (Å²) in [5.74, 6) is 0. The molecule has 0 bridgehead atoms. The number of hydrogen-bond donors (Lipinski definition) is 0. The summed E-state index contributed by atoms with van der Waals surface area (Å²) in [4.78, 5) is 4.98. The molecule has 3 heterocycles. The second kappa shape index (κ2) is 9.18. The van der Waals surface area contributed by atoms with Crippen LogP contribution in [-0.2, 0) is 0 Å². The molecule has 0 unspecified atom stereocenters. The quantitative estimate of drug-likeness (QED) is 0.206. The van der Waals surface area contributed by atoms with Crippen molar-refractivity contribution in [3.05, 3.63) is 158 Å². The predicted octanol–water partition coefficient (Wildman–Crippen LogP) is 10.4. The van der Waals surface area contributed by atoms with Crippen molar-refractivity contribution < 1.29 is 0 Å². The van der Waals surface area contributed by atoms with Gasteiger partial charge >= 0.3 is 0 Å². The Bertz CT molecular complexity index is 2750. The summed E-state index contributed by atoms with van der Waals surface area (Å²) in [7, 11) is 0. The minimum absolute atomic E-state index is 0.976. The van der Waals surface area contributed by atoms with Gasteiger partial charge in [-0.2, -0.15) is 0 Å². The molecular formula is C41H26N4. The molecule has 0 amide bonds. The first kappa shape index (κ1) is 24.3. The van der Waals surface area contributed by atoms with E-state index >= 15 is 0 Å². The van der Waals surface area contributed by atoms with Crippen molar-refractivity contribution >= 4 is 65.4 Å². The third kappa shape index (κ3) is 3.34. The lowest BCUT2D eigenvalue weighted by Gasteiger charge is -2.12. The molecule has 10 aromatic rings. The van der Waals surface area contributed by atoms with E-state index in [1.165, 1.54) is 60.1 Å². The SMILES string of the molecule is c1ccc(-n2cnc3c(-n4c5ccccc5c5c6ccc7c8ccccc8n(-c8ccccc8)c7c6ccc54)cccc32)cc1. The van der Waals surface area contributed by atoms with Gasteiger partial charge in [0, 0.05) is 38.3 Å². The molecular weight excluding hydrogens is 548 g/mol. The molecule has 0 aliphatic heterocycles. The van der Waals surface area contributed by atoms with Gasteiger partial charge in [0.25, 0.3) is 0 Å². The van der Waals surface area contributed by atoms with Crippen LogP contribution in [0, 0.1) is 0 Å². The third-order valence-corrected chi connectivity index (χ3v) is 9.31. The molecule has 0 saturated heterocycles. The van der Waals surface area contributed by atoms with E-state index < -0.39 is 0 Å². The molecule has 0 saturated carbocycles. The average molecular weight is 575 g/mol. The topological polar surface area (TPSA) is 27.7 Å². The number of aromatic nitrogens is 4. The predicted molar refractivity (Wildman–Crippen MR) is 187 cm³/mol.